The van der Waals surface area contributed by atoms with Gasteiger partial charge in [0.15, 0.2) is 5.76 Å². The standard InChI is InChI=1S/C16H18N2O6/c1-21-12-3-2-4-13(15(12)14-5-6-17-24-14)23-10-11-9-18(16(19)20)7-8-22-11/h2-6,11H,7-10H2,1H3,(H,19,20)/t11-/m0/s1. The van der Waals surface area contributed by atoms with Crippen molar-refractivity contribution in [3.8, 4) is 22.8 Å². The van der Waals surface area contributed by atoms with Crippen molar-refractivity contribution in [3.05, 3.63) is 30.5 Å². The smallest absolute Gasteiger partial charge is 0.407 e. The second kappa shape index (κ2) is 7.22. The van der Waals surface area contributed by atoms with Crippen LogP contribution in [0.1, 0.15) is 0 Å². The Hall–Kier alpha value is -2.74. The van der Waals surface area contributed by atoms with Gasteiger partial charge in [-0.3, -0.25) is 0 Å². The van der Waals surface area contributed by atoms with Gasteiger partial charge in [0.25, 0.3) is 0 Å². The van der Waals surface area contributed by atoms with E-state index in [9.17, 15) is 4.79 Å². The van der Waals surface area contributed by atoms with Crippen LogP contribution >= 0.6 is 0 Å². The highest BCUT2D eigenvalue weighted by molar-refractivity contribution is 5.72. The summed E-state index contributed by atoms with van der Waals surface area (Å²) in [7, 11) is 1.56. The first kappa shape index (κ1) is 16.1. The molecule has 128 valence electrons. The molecule has 8 nitrogen and oxygen atoms in total. The molecule has 3 rings (SSSR count). The maximum absolute atomic E-state index is 11.1. The molecule has 1 aromatic heterocycles. The average molecular weight is 334 g/mol. The Morgan fingerprint density at radius 2 is 2.25 bits per heavy atom. The second-order valence-corrected chi connectivity index (χ2v) is 5.24. The highest BCUT2D eigenvalue weighted by Crippen LogP contribution is 2.38. The quantitative estimate of drug-likeness (QED) is 0.895. The zero-order chi connectivity index (χ0) is 16.9. The molecule has 0 saturated carbocycles. The number of nitrogens with zero attached hydrogens (tertiary/aromatic N) is 2. The highest BCUT2D eigenvalue weighted by Gasteiger charge is 2.25. The normalized spacial score (nSPS) is 17.5. The summed E-state index contributed by atoms with van der Waals surface area (Å²) in [4.78, 5) is 12.4. The van der Waals surface area contributed by atoms with Crippen LogP contribution in [0.3, 0.4) is 0 Å². The fourth-order valence-corrected chi connectivity index (χ4v) is 2.57. The van der Waals surface area contributed by atoms with Crippen LogP contribution in [0.25, 0.3) is 11.3 Å². The van der Waals surface area contributed by atoms with Crippen molar-refractivity contribution in [1.29, 1.82) is 0 Å². The largest absolute Gasteiger partial charge is 0.496 e. The van der Waals surface area contributed by atoms with Gasteiger partial charge in [0.2, 0.25) is 0 Å². The second-order valence-electron chi connectivity index (χ2n) is 5.24. The third-order valence-electron chi connectivity index (χ3n) is 3.73. The molecule has 0 unspecified atom stereocenters. The molecule has 1 aromatic carbocycles. The van der Waals surface area contributed by atoms with Crippen molar-refractivity contribution < 1.29 is 28.6 Å². The van der Waals surface area contributed by atoms with E-state index in [1.165, 1.54) is 4.90 Å². The summed E-state index contributed by atoms with van der Waals surface area (Å²) in [6.45, 7) is 1.22. The topological polar surface area (TPSA) is 94.3 Å². The number of methoxy groups -OCH3 is 1. The van der Waals surface area contributed by atoms with Gasteiger partial charge in [-0.2, -0.15) is 0 Å². The van der Waals surface area contributed by atoms with Crippen LogP contribution in [0.4, 0.5) is 4.79 Å². The Bertz CT molecular complexity index is 688. The zero-order valence-corrected chi connectivity index (χ0v) is 13.2. The van der Waals surface area contributed by atoms with Gasteiger partial charge in [-0.1, -0.05) is 11.2 Å². The van der Waals surface area contributed by atoms with Gasteiger partial charge in [0, 0.05) is 12.6 Å². The lowest BCUT2D eigenvalue weighted by molar-refractivity contribution is -0.0411. The van der Waals surface area contributed by atoms with Gasteiger partial charge in [0.05, 0.1) is 26.5 Å². The molecular weight excluding hydrogens is 316 g/mol. The number of amides is 1. The summed E-state index contributed by atoms with van der Waals surface area (Å²) in [5.74, 6) is 1.68. The first-order chi connectivity index (χ1) is 11.7. The number of aromatic nitrogens is 1. The number of hydrogen-bond donors (Lipinski definition) is 1. The van der Waals surface area contributed by atoms with Gasteiger partial charge >= 0.3 is 6.09 Å². The van der Waals surface area contributed by atoms with Crippen LogP contribution in [-0.2, 0) is 4.74 Å². The number of ether oxygens (including phenoxy) is 3. The molecule has 1 N–H and O–H groups in total. The monoisotopic (exact) mass is 334 g/mol. The van der Waals surface area contributed by atoms with E-state index in [4.69, 9.17) is 23.8 Å². The van der Waals surface area contributed by atoms with E-state index >= 15 is 0 Å². The first-order valence-corrected chi connectivity index (χ1v) is 7.49. The number of rotatable bonds is 5. The maximum Gasteiger partial charge on any atom is 0.407 e. The van der Waals surface area contributed by atoms with Gasteiger partial charge in [0.1, 0.15) is 29.8 Å². The minimum absolute atomic E-state index is 0.220. The van der Waals surface area contributed by atoms with Crippen LogP contribution in [0.2, 0.25) is 0 Å². The van der Waals surface area contributed by atoms with E-state index in [0.717, 1.165) is 0 Å². The van der Waals surface area contributed by atoms with Crippen molar-refractivity contribution in [1.82, 2.24) is 10.1 Å². The molecule has 1 aliphatic rings. The third-order valence-corrected chi connectivity index (χ3v) is 3.73. The Labute approximate surface area is 138 Å². The molecule has 1 fully saturated rings. The molecule has 1 amide bonds. The SMILES string of the molecule is COc1cccc(OC[C@@H]2CN(C(=O)O)CCO2)c1-c1ccno1. The number of carboxylic acid groups (broad SMARTS) is 1. The summed E-state index contributed by atoms with van der Waals surface area (Å²) < 4.78 is 22.0. The zero-order valence-electron chi connectivity index (χ0n) is 13.2. The van der Waals surface area contributed by atoms with Crippen LogP contribution in [0.15, 0.2) is 35.0 Å². The van der Waals surface area contributed by atoms with Gasteiger partial charge in [-0.05, 0) is 12.1 Å². The molecule has 8 heteroatoms. The predicted molar refractivity (Wildman–Crippen MR) is 83.3 cm³/mol. The fraction of sp³-hybridized carbons (Fsp3) is 0.375. The number of carbonyl (C=O) groups is 1. The molecule has 2 aromatic rings. The van der Waals surface area contributed by atoms with Crippen LogP contribution < -0.4 is 9.47 Å². The number of hydrogen-bond acceptors (Lipinski definition) is 6. The summed E-state index contributed by atoms with van der Waals surface area (Å²) in [6, 6.07) is 7.11. The summed E-state index contributed by atoms with van der Waals surface area (Å²) in [6.07, 6.45) is 0.260. The van der Waals surface area contributed by atoms with Crippen molar-refractivity contribution in [3.63, 3.8) is 0 Å². The van der Waals surface area contributed by atoms with Crippen molar-refractivity contribution in [2.75, 3.05) is 33.4 Å². The maximum atomic E-state index is 11.1. The van der Waals surface area contributed by atoms with E-state index in [-0.39, 0.29) is 19.3 Å². The lowest BCUT2D eigenvalue weighted by atomic mass is 10.1. The summed E-state index contributed by atoms with van der Waals surface area (Å²) in [5.41, 5.74) is 0.656. The minimum Gasteiger partial charge on any atom is -0.496 e. The molecule has 2 heterocycles. The van der Waals surface area contributed by atoms with E-state index in [2.05, 4.69) is 5.16 Å². The van der Waals surface area contributed by atoms with Gasteiger partial charge in [-0.15, -0.1) is 0 Å². The minimum atomic E-state index is -0.952. The third kappa shape index (κ3) is 3.43. The molecule has 1 saturated heterocycles. The van der Waals surface area contributed by atoms with Gasteiger partial charge in [-0.25, -0.2) is 4.79 Å². The van der Waals surface area contributed by atoms with Crippen LogP contribution in [0, 0.1) is 0 Å². The number of morpholine rings is 1. The summed E-state index contributed by atoms with van der Waals surface area (Å²) in [5, 5.41) is 12.8. The van der Waals surface area contributed by atoms with E-state index in [1.54, 1.807) is 37.6 Å². The molecule has 0 bridgehead atoms. The summed E-state index contributed by atoms with van der Waals surface area (Å²) >= 11 is 0. The Morgan fingerprint density at radius 3 is 2.96 bits per heavy atom. The predicted octanol–water partition coefficient (Wildman–Crippen LogP) is 2.11. The van der Waals surface area contributed by atoms with Crippen molar-refractivity contribution in [2.24, 2.45) is 0 Å². The van der Waals surface area contributed by atoms with Crippen molar-refractivity contribution >= 4 is 6.09 Å². The molecule has 1 aliphatic heterocycles. The Balaban J connectivity index is 1.75. The molecule has 0 radical (unpaired) electrons. The fourth-order valence-electron chi connectivity index (χ4n) is 2.57. The van der Waals surface area contributed by atoms with Gasteiger partial charge < -0.3 is 28.7 Å². The van der Waals surface area contributed by atoms with E-state index < -0.39 is 6.09 Å². The lowest BCUT2D eigenvalue weighted by Crippen LogP contribution is -2.47. The average Bonchev–Trinajstić information content (AvgIpc) is 3.14. The van der Waals surface area contributed by atoms with Crippen LogP contribution in [0.5, 0.6) is 11.5 Å². The van der Waals surface area contributed by atoms with E-state index in [0.29, 0.717) is 36.0 Å². The molecule has 0 aliphatic carbocycles. The van der Waals surface area contributed by atoms with Crippen LogP contribution in [-0.4, -0.2) is 60.8 Å². The molecule has 0 spiro atoms. The lowest BCUT2D eigenvalue weighted by Gasteiger charge is -2.31. The Kier molecular flexibility index (Phi) is 4.85. The number of benzene rings is 1. The van der Waals surface area contributed by atoms with Crippen molar-refractivity contribution in [2.45, 2.75) is 6.10 Å². The molecule has 24 heavy (non-hydrogen) atoms. The molecular formula is C16H18N2O6. The Morgan fingerprint density at radius 1 is 1.42 bits per heavy atom. The highest BCUT2D eigenvalue weighted by atomic mass is 16.5. The molecule has 1 atom stereocenters. The van der Waals surface area contributed by atoms with E-state index in [1.807, 2.05) is 0 Å². The first-order valence-electron chi connectivity index (χ1n) is 7.49.